The maximum atomic E-state index is 5.27. The molecule has 0 bridgehead atoms. The summed E-state index contributed by atoms with van der Waals surface area (Å²) >= 11 is 3.28. The van der Waals surface area contributed by atoms with Gasteiger partial charge < -0.3 is 4.42 Å². The Morgan fingerprint density at radius 3 is 3.09 bits per heavy atom. The number of fused-ring (bicyclic) bond motifs is 1. The SMILES string of the molecule is Cc1nc2c(Br)nccc2o1. The summed E-state index contributed by atoms with van der Waals surface area (Å²) in [4.78, 5) is 8.15. The Morgan fingerprint density at radius 1 is 1.55 bits per heavy atom. The van der Waals surface area contributed by atoms with Crippen molar-refractivity contribution < 1.29 is 4.42 Å². The van der Waals surface area contributed by atoms with Gasteiger partial charge in [-0.1, -0.05) is 0 Å². The molecule has 3 nitrogen and oxygen atoms in total. The zero-order valence-electron chi connectivity index (χ0n) is 5.84. The van der Waals surface area contributed by atoms with Gasteiger partial charge in [-0.05, 0) is 15.9 Å². The third-order valence-corrected chi connectivity index (χ3v) is 1.95. The number of aryl methyl sites for hydroxylation is 1. The Bertz CT molecular complexity index is 396. The molecule has 0 aliphatic carbocycles. The summed E-state index contributed by atoms with van der Waals surface area (Å²) in [6.45, 7) is 1.81. The molecule has 0 atom stereocenters. The number of oxazole rings is 1. The highest BCUT2D eigenvalue weighted by Gasteiger charge is 2.04. The fourth-order valence-electron chi connectivity index (χ4n) is 0.935. The molecule has 2 aromatic rings. The van der Waals surface area contributed by atoms with Crippen molar-refractivity contribution in [3.8, 4) is 0 Å². The Morgan fingerprint density at radius 2 is 2.36 bits per heavy atom. The maximum absolute atomic E-state index is 5.27. The summed E-state index contributed by atoms with van der Waals surface area (Å²) in [5.74, 6) is 0.661. The van der Waals surface area contributed by atoms with E-state index in [4.69, 9.17) is 4.42 Å². The van der Waals surface area contributed by atoms with E-state index >= 15 is 0 Å². The second kappa shape index (κ2) is 2.30. The monoisotopic (exact) mass is 212 g/mol. The molecule has 2 aromatic heterocycles. The number of nitrogens with zero attached hydrogens (tertiary/aromatic N) is 2. The van der Waals surface area contributed by atoms with Crippen LogP contribution in [0.4, 0.5) is 0 Å². The molecule has 0 N–H and O–H groups in total. The van der Waals surface area contributed by atoms with Crippen LogP contribution in [0.5, 0.6) is 0 Å². The van der Waals surface area contributed by atoms with E-state index in [0.717, 1.165) is 15.7 Å². The van der Waals surface area contributed by atoms with Gasteiger partial charge in [0.2, 0.25) is 0 Å². The van der Waals surface area contributed by atoms with Crippen molar-refractivity contribution in [2.75, 3.05) is 0 Å². The molecule has 0 aromatic carbocycles. The lowest BCUT2D eigenvalue weighted by Gasteiger charge is -1.86. The smallest absolute Gasteiger partial charge is 0.192 e. The first-order chi connectivity index (χ1) is 5.27. The highest BCUT2D eigenvalue weighted by atomic mass is 79.9. The zero-order chi connectivity index (χ0) is 7.84. The van der Waals surface area contributed by atoms with Crippen LogP contribution in [-0.2, 0) is 0 Å². The third-order valence-electron chi connectivity index (χ3n) is 1.37. The number of hydrogen-bond donors (Lipinski definition) is 0. The fourth-order valence-corrected chi connectivity index (χ4v) is 1.34. The molecule has 0 aliphatic heterocycles. The van der Waals surface area contributed by atoms with Gasteiger partial charge in [0.1, 0.15) is 10.1 Å². The van der Waals surface area contributed by atoms with Crippen molar-refractivity contribution in [3.63, 3.8) is 0 Å². The minimum absolute atomic E-state index is 0.661. The average molecular weight is 213 g/mol. The first-order valence-corrected chi connectivity index (χ1v) is 3.94. The molecule has 0 saturated carbocycles. The fraction of sp³-hybridized carbons (Fsp3) is 0.143. The van der Waals surface area contributed by atoms with Crippen molar-refractivity contribution in [1.82, 2.24) is 9.97 Å². The van der Waals surface area contributed by atoms with Crippen LogP contribution in [0.1, 0.15) is 5.89 Å². The van der Waals surface area contributed by atoms with Crippen LogP contribution in [-0.4, -0.2) is 9.97 Å². The van der Waals surface area contributed by atoms with E-state index < -0.39 is 0 Å². The zero-order valence-corrected chi connectivity index (χ0v) is 7.42. The first-order valence-electron chi connectivity index (χ1n) is 3.15. The van der Waals surface area contributed by atoms with Crippen LogP contribution in [0.3, 0.4) is 0 Å². The number of halogens is 1. The molecule has 0 fully saturated rings. The molecule has 0 saturated heterocycles. The maximum Gasteiger partial charge on any atom is 0.192 e. The molecule has 0 radical (unpaired) electrons. The van der Waals surface area contributed by atoms with Gasteiger partial charge in [-0.2, -0.15) is 0 Å². The molecule has 0 aliphatic rings. The molecule has 56 valence electrons. The first kappa shape index (κ1) is 6.79. The van der Waals surface area contributed by atoms with E-state index in [1.165, 1.54) is 0 Å². The largest absolute Gasteiger partial charge is 0.441 e. The standard InChI is InChI=1S/C7H5BrN2O/c1-4-10-6-5(11-4)2-3-9-7(6)8/h2-3H,1H3. The summed E-state index contributed by atoms with van der Waals surface area (Å²) in [5.41, 5.74) is 1.55. The van der Waals surface area contributed by atoms with E-state index in [9.17, 15) is 0 Å². The summed E-state index contributed by atoms with van der Waals surface area (Å²) in [7, 11) is 0. The number of hydrogen-bond acceptors (Lipinski definition) is 3. The van der Waals surface area contributed by atoms with E-state index in [2.05, 4.69) is 25.9 Å². The average Bonchev–Trinajstić information content (AvgIpc) is 2.31. The Kier molecular flexibility index (Phi) is 1.42. The third kappa shape index (κ3) is 1.03. The number of rotatable bonds is 0. The van der Waals surface area contributed by atoms with E-state index in [0.29, 0.717) is 5.89 Å². The summed E-state index contributed by atoms with van der Waals surface area (Å²) in [6, 6.07) is 1.79. The van der Waals surface area contributed by atoms with Gasteiger partial charge in [-0.3, -0.25) is 0 Å². The van der Waals surface area contributed by atoms with Gasteiger partial charge >= 0.3 is 0 Å². The van der Waals surface area contributed by atoms with E-state index in [-0.39, 0.29) is 0 Å². The Balaban J connectivity index is 2.90. The number of pyridine rings is 1. The van der Waals surface area contributed by atoms with Gasteiger partial charge in [0.05, 0.1) is 0 Å². The van der Waals surface area contributed by atoms with Crippen molar-refractivity contribution in [3.05, 3.63) is 22.8 Å². The van der Waals surface area contributed by atoms with Gasteiger partial charge in [0, 0.05) is 19.2 Å². The highest BCUT2D eigenvalue weighted by molar-refractivity contribution is 9.10. The van der Waals surface area contributed by atoms with Crippen LogP contribution < -0.4 is 0 Å². The van der Waals surface area contributed by atoms with Crippen molar-refractivity contribution in [2.24, 2.45) is 0 Å². The summed E-state index contributed by atoms with van der Waals surface area (Å²) in [5, 5.41) is 0. The molecule has 2 rings (SSSR count). The topological polar surface area (TPSA) is 38.9 Å². The molecule has 0 unspecified atom stereocenters. The van der Waals surface area contributed by atoms with Crippen molar-refractivity contribution in [2.45, 2.75) is 6.92 Å². The molecule has 4 heteroatoms. The van der Waals surface area contributed by atoms with Crippen LogP contribution in [0.25, 0.3) is 11.1 Å². The second-order valence-corrected chi connectivity index (χ2v) is 2.93. The Hall–Kier alpha value is -0.900. The molecule has 0 spiro atoms. The predicted octanol–water partition coefficient (Wildman–Crippen LogP) is 2.29. The second-order valence-electron chi connectivity index (χ2n) is 2.18. The minimum Gasteiger partial charge on any atom is -0.441 e. The van der Waals surface area contributed by atoms with Gasteiger partial charge in [-0.25, -0.2) is 9.97 Å². The molecular formula is C7H5BrN2O. The molecule has 2 heterocycles. The molecule has 11 heavy (non-hydrogen) atoms. The van der Waals surface area contributed by atoms with Crippen molar-refractivity contribution >= 4 is 27.0 Å². The van der Waals surface area contributed by atoms with Crippen LogP contribution >= 0.6 is 15.9 Å². The quantitative estimate of drug-likeness (QED) is 0.630. The van der Waals surface area contributed by atoms with E-state index in [1.54, 1.807) is 12.3 Å². The van der Waals surface area contributed by atoms with Gasteiger partial charge in [0.25, 0.3) is 0 Å². The Labute approximate surface area is 71.6 Å². The minimum atomic E-state index is 0.661. The lowest BCUT2D eigenvalue weighted by molar-refractivity contribution is 0.561. The van der Waals surface area contributed by atoms with Crippen LogP contribution in [0.2, 0.25) is 0 Å². The van der Waals surface area contributed by atoms with Gasteiger partial charge in [0.15, 0.2) is 11.5 Å². The lowest BCUT2D eigenvalue weighted by Crippen LogP contribution is -1.75. The molecular weight excluding hydrogens is 208 g/mol. The summed E-state index contributed by atoms with van der Waals surface area (Å²) in [6.07, 6.45) is 1.68. The predicted molar refractivity (Wildman–Crippen MR) is 44.2 cm³/mol. The molecule has 0 amide bonds. The van der Waals surface area contributed by atoms with Crippen molar-refractivity contribution in [1.29, 1.82) is 0 Å². The van der Waals surface area contributed by atoms with Gasteiger partial charge in [-0.15, -0.1) is 0 Å². The van der Waals surface area contributed by atoms with E-state index in [1.807, 2.05) is 6.92 Å². The summed E-state index contributed by atoms with van der Waals surface area (Å²) < 4.78 is 6.00. The number of aromatic nitrogens is 2. The lowest BCUT2D eigenvalue weighted by atomic mass is 10.4. The van der Waals surface area contributed by atoms with Crippen LogP contribution in [0, 0.1) is 6.92 Å². The normalized spacial score (nSPS) is 10.7. The van der Waals surface area contributed by atoms with Crippen LogP contribution in [0.15, 0.2) is 21.3 Å². The highest BCUT2D eigenvalue weighted by Crippen LogP contribution is 2.20.